The summed E-state index contributed by atoms with van der Waals surface area (Å²) < 4.78 is 2.35. The number of aryl methyl sites for hydroxylation is 1. The second kappa shape index (κ2) is 6.88. The van der Waals surface area contributed by atoms with Gasteiger partial charge in [0.25, 0.3) is 0 Å². The predicted octanol–water partition coefficient (Wildman–Crippen LogP) is 2.85. The normalized spacial score (nSPS) is 18.9. The quantitative estimate of drug-likeness (QED) is 0.757. The van der Waals surface area contributed by atoms with Gasteiger partial charge in [-0.25, -0.2) is 0 Å². The van der Waals surface area contributed by atoms with Gasteiger partial charge >= 0.3 is 0 Å². The third-order valence-corrected chi connectivity index (χ3v) is 3.73. The monoisotopic (exact) mass is 250 g/mol. The van der Waals surface area contributed by atoms with Gasteiger partial charge in [0.2, 0.25) is 0 Å². The van der Waals surface area contributed by atoms with E-state index in [2.05, 4.69) is 33.9 Å². The molecule has 4 nitrogen and oxygen atoms in total. The Hall–Kier alpha value is -0.900. The third-order valence-electron chi connectivity index (χ3n) is 3.73. The number of nitrogens with zero attached hydrogens (tertiary/aromatic N) is 3. The molecule has 102 valence electrons. The van der Waals surface area contributed by atoms with Crippen molar-refractivity contribution in [1.29, 1.82) is 0 Å². The second-order valence-corrected chi connectivity index (χ2v) is 5.23. The van der Waals surface area contributed by atoms with Crippen LogP contribution in [0.4, 0.5) is 0 Å². The number of rotatable bonds is 7. The molecule has 18 heavy (non-hydrogen) atoms. The van der Waals surface area contributed by atoms with E-state index in [9.17, 15) is 0 Å². The number of unbranched alkanes of at least 4 members (excludes halogenated alkanes) is 3. The molecule has 0 aromatic carbocycles. The molecule has 0 spiro atoms. The summed E-state index contributed by atoms with van der Waals surface area (Å²) in [7, 11) is 0. The van der Waals surface area contributed by atoms with Gasteiger partial charge in [-0.05, 0) is 12.8 Å². The Kier molecular flexibility index (Phi) is 5.17. The molecule has 1 atom stereocenters. The van der Waals surface area contributed by atoms with Crippen molar-refractivity contribution in [3.8, 4) is 0 Å². The van der Waals surface area contributed by atoms with Crippen molar-refractivity contribution in [1.82, 2.24) is 20.1 Å². The molecule has 2 rings (SSSR count). The van der Waals surface area contributed by atoms with E-state index in [-0.39, 0.29) is 0 Å². The molecule has 1 unspecified atom stereocenters. The highest BCUT2D eigenvalue weighted by Crippen LogP contribution is 2.21. The number of aromatic nitrogens is 3. The van der Waals surface area contributed by atoms with Crippen LogP contribution in [0.2, 0.25) is 0 Å². The molecule has 0 fully saturated rings. The predicted molar refractivity (Wildman–Crippen MR) is 73.5 cm³/mol. The lowest BCUT2D eigenvalue weighted by atomic mass is 10.1. The van der Waals surface area contributed by atoms with E-state index in [1.54, 1.807) is 0 Å². The summed E-state index contributed by atoms with van der Waals surface area (Å²) in [4.78, 5) is 0. The minimum absolute atomic E-state index is 0.417. The highest BCUT2D eigenvalue weighted by Gasteiger charge is 2.23. The van der Waals surface area contributed by atoms with Crippen LogP contribution in [0.1, 0.15) is 70.1 Å². The van der Waals surface area contributed by atoms with Gasteiger partial charge in [-0.3, -0.25) is 0 Å². The molecule has 1 aliphatic rings. The first-order chi connectivity index (χ1) is 8.86. The van der Waals surface area contributed by atoms with E-state index in [1.807, 2.05) is 0 Å². The summed E-state index contributed by atoms with van der Waals surface area (Å²) >= 11 is 0. The van der Waals surface area contributed by atoms with E-state index in [0.717, 1.165) is 31.8 Å². The van der Waals surface area contributed by atoms with E-state index in [1.165, 1.54) is 37.9 Å². The SMILES string of the molecule is CCCCCCc1nnc2n1CCNC2CCC. The van der Waals surface area contributed by atoms with Crippen molar-refractivity contribution in [2.24, 2.45) is 0 Å². The van der Waals surface area contributed by atoms with Crippen molar-refractivity contribution in [2.45, 2.75) is 71.4 Å². The van der Waals surface area contributed by atoms with E-state index < -0.39 is 0 Å². The zero-order chi connectivity index (χ0) is 12.8. The summed E-state index contributed by atoms with van der Waals surface area (Å²) in [6.45, 7) is 6.56. The molecule has 1 aromatic rings. The lowest BCUT2D eigenvalue weighted by molar-refractivity contribution is 0.387. The lowest BCUT2D eigenvalue weighted by Gasteiger charge is -2.24. The molecule has 1 aliphatic heterocycles. The first-order valence-corrected chi connectivity index (χ1v) is 7.52. The van der Waals surface area contributed by atoms with Crippen LogP contribution in [-0.4, -0.2) is 21.3 Å². The molecule has 0 saturated heterocycles. The van der Waals surface area contributed by atoms with Gasteiger partial charge in [0.05, 0.1) is 6.04 Å². The fourth-order valence-corrected chi connectivity index (χ4v) is 2.71. The minimum atomic E-state index is 0.417. The van der Waals surface area contributed by atoms with Crippen LogP contribution in [-0.2, 0) is 13.0 Å². The van der Waals surface area contributed by atoms with Crippen LogP contribution in [0.3, 0.4) is 0 Å². The maximum absolute atomic E-state index is 4.41. The molecule has 0 bridgehead atoms. The number of hydrogen-bond acceptors (Lipinski definition) is 3. The van der Waals surface area contributed by atoms with Gasteiger partial charge in [-0.1, -0.05) is 39.5 Å². The molecule has 1 aromatic heterocycles. The van der Waals surface area contributed by atoms with E-state index in [4.69, 9.17) is 0 Å². The summed E-state index contributed by atoms with van der Waals surface area (Å²) in [5.41, 5.74) is 0. The maximum atomic E-state index is 4.41. The van der Waals surface area contributed by atoms with Crippen molar-refractivity contribution >= 4 is 0 Å². The zero-order valence-corrected chi connectivity index (χ0v) is 11.8. The number of hydrogen-bond donors (Lipinski definition) is 1. The van der Waals surface area contributed by atoms with Gasteiger partial charge in [0, 0.05) is 19.5 Å². The van der Waals surface area contributed by atoms with Crippen molar-refractivity contribution in [2.75, 3.05) is 6.54 Å². The van der Waals surface area contributed by atoms with E-state index in [0.29, 0.717) is 6.04 Å². The zero-order valence-electron chi connectivity index (χ0n) is 11.8. The fraction of sp³-hybridized carbons (Fsp3) is 0.857. The smallest absolute Gasteiger partial charge is 0.150 e. The van der Waals surface area contributed by atoms with Gasteiger partial charge < -0.3 is 9.88 Å². The third kappa shape index (κ3) is 3.10. The summed E-state index contributed by atoms with van der Waals surface area (Å²) in [6.07, 6.45) is 8.63. The van der Waals surface area contributed by atoms with Crippen LogP contribution >= 0.6 is 0 Å². The van der Waals surface area contributed by atoms with Gasteiger partial charge in [-0.15, -0.1) is 10.2 Å². The summed E-state index contributed by atoms with van der Waals surface area (Å²) in [6, 6.07) is 0.417. The largest absolute Gasteiger partial charge is 0.312 e. The molecular weight excluding hydrogens is 224 g/mol. The van der Waals surface area contributed by atoms with Gasteiger partial charge in [0.15, 0.2) is 0 Å². The van der Waals surface area contributed by atoms with Crippen LogP contribution in [0.15, 0.2) is 0 Å². The van der Waals surface area contributed by atoms with Crippen LogP contribution in [0.25, 0.3) is 0 Å². The average molecular weight is 250 g/mol. The Bertz CT molecular complexity index is 359. The number of fused-ring (bicyclic) bond motifs is 1. The van der Waals surface area contributed by atoms with Crippen molar-refractivity contribution in [3.63, 3.8) is 0 Å². The van der Waals surface area contributed by atoms with Gasteiger partial charge in [0.1, 0.15) is 11.6 Å². The molecule has 0 saturated carbocycles. The topological polar surface area (TPSA) is 42.7 Å². The Morgan fingerprint density at radius 2 is 2.06 bits per heavy atom. The molecule has 0 aliphatic carbocycles. The molecule has 1 N–H and O–H groups in total. The highest BCUT2D eigenvalue weighted by atomic mass is 15.3. The van der Waals surface area contributed by atoms with Crippen LogP contribution in [0, 0.1) is 0 Å². The molecule has 0 amide bonds. The summed E-state index contributed by atoms with van der Waals surface area (Å²) in [5, 5.41) is 12.3. The lowest BCUT2D eigenvalue weighted by Crippen LogP contribution is -2.34. The first-order valence-electron chi connectivity index (χ1n) is 7.52. The standard InChI is InChI=1S/C14H26N4/c1-3-5-6-7-9-13-16-17-14-12(8-4-2)15-10-11-18(13)14/h12,15H,3-11H2,1-2H3. The molecule has 4 heteroatoms. The Morgan fingerprint density at radius 1 is 1.17 bits per heavy atom. The van der Waals surface area contributed by atoms with Crippen molar-refractivity contribution < 1.29 is 0 Å². The van der Waals surface area contributed by atoms with Crippen LogP contribution in [0.5, 0.6) is 0 Å². The first kappa shape index (κ1) is 13.5. The van der Waals surface area contributed by atoms with E-state index >= 15 is 0 Å². The molecular formula is C14H26N4. The second-order valence-electron chi connectivity index (χ2n) is 5.23. The molecule has 0 radical (unpaired) electrons. The minimum Gasteiger partial charge on any atom is -0.312 e. The number of nitrogens with one attached hydrogen (secondary N) is 1. The molecule has 2 heterocycles. The maximum Gasteiger partial charge on any atom is 0.150 e. The van der Waals surface area contributed by atoms with Crippen LogP contribution < -0.4 is 5.32 Å². The summed E-state index contributed by atoms with van der Waals surface area (Å²) in [5.74, 6) is 2.36. The van der Waals surface area contributed by atoms with Gasteiger partial charge in [-0.2, -0.15) is 0 Å². The Balaban J connectivity index is 1.97. The average Bonchev–Trinajstić information content (AvgIpc) is 2.80. The Labute approximate surface area is 110 Å². The Morgan fingerprint density at radius 3 is 2.83 bits per heavy atom. The van der Waals surface area contributed by atoms with Crippen molar-refractivity contribution in [3.05, 3.63) is 11.6 Å². The fourth-order valence-electron chi connectivity index (χ4n) is 2.71. The highest BCUT2D eigenvalue weighted by molar-refractivity contribution is 5.04.